The van der Waals surface area contributed by atoms with E-state index in [1.807, 2.05) is 0 Å². The fraction of sp³-hybridized carbons (Fsp3) is 0.385. The van der Waals surface area contributed by atoms with Crippen LogP contribution in [0.25, 0.3) is 11.5 Å². The first-order valence-corrected chi connectivity index (χ1v) is 6.45. The monoisotopic (exact) mass is 274 g/mol. The Labute approximate surface area is 115 Å². The van der Waals surface area contributed by atoms with E-state index in [4.69, 9.17) is 4.52 Å². The number of hydrogen-bond donors (Lipinski definition) is 1. The highest BCUT2D eigenvalue weighted by Crippen LogP contribution is 2.28. The highest BCUT2D eigenvalue weighted by Gasteiger charge is 2.22. The van der Waals surface area contributed by atoms with Gasteiger partial charge in [0.25, 0.3) is 11.6 Å². The Hall–Kier alpha value is -2.28. The van der Waals surface area contributed by atoms with Gasteiger partial charge in [-0.1, -0.05) is 11.2 Å². The van der Waals surface area contributed by atoms with Crippen molar-refractivity contribution in [3.8, 4) is 11.5 Å². The lowest BCUT2D eigenvalue weighted by molar-refractivity contribution is -0.385. The molecule has 104 valence electrons. The molecule has 2 aromatic rings. The van der Waals surface area contributed by atoms with E-state index in [0.717, 1.165) is 0 Å². The minimum atomic E-state index is -0.412. The summed E-state index contributed by atoms with van der Waals surface area (Å²) in [4.78, 5) is 14.8. The minimum absolute atomic E-state index is 0.0540. The van der Waals surface area contributed by atoms with E-state index in [9.17, 15) is 10.1 Å². The molecule has 20 heavy (non-hydrogen) atoms. The molecule has 7 nitrogen and oxygen atoms in total. The fourth-order valence-corrected chi connectivity index (χ4v) is 2.01. The molecule has 0 amide bonds. The van der Waals surface area contributed by atoms with E-state index < -0.39 is 4.92 Å². The average molecular weight is 274 g/mol. The van der Waals surface area contributed by atoms with E-state index in [1.165, 1.54) is 18.9 Å². The maximum Gasteiger partial charge on any atom is 0.273 e. The molecular weight excluding hydrogens is 260 g/mol. The van der Waals surface area contributed by atoms with Crippen LogP contribution in [0.4, 0.5) is 5.69 Å². The molecule has 1 aliphatic carbocycles. The number of hydrogen-bond acceptors (Lipinski definition) is 6. The molecule has 0 saturated heterocycles. The summed E-state index contributed by atoms with van der Waals surface area (Å²) < 4.78 is 5.20. The molecule has 0 unspecified atom stereocenters. The standard InChI is InChI=1S/C13H14N4O3/c1-8-10(3-2-4-11(8)17(18)19)13-15-12(16-20-13)7-14-9-5-6-9/h2-4,9,14H,5-7H2,1H3. The summed E-state index contributed by atoms with van der Waals surface area (Å²) in [5.74, 6) is 0.886. The molecule has 0 aliphatic heterocycles. The third kappa shape index (κ3) is 2.53. The second kappa shape index (κ2) is 5.01. The van der Waals surface area contributed by atoms with Crippen molar-refractivity contribution in [1.82, 2.24) is 15.5 Å². The number of nitrogens with one attached hydrogen (secondary N) is 1. The lowest BCUT2D eigenvalue weighted by Crippen LogP contribution is -2.16. The Morgan fingerprint density at radius 1 is 1.50 bits per heavy atom. The Morgan fingerprint density at radius 3 is 3.00 bits per heavy atom. The zero-order valence-electron chi connectivity index (χ0n) is 11.0. The topological polar surface area (TPSA) is 94.1 Å². The zero-order chi connectivity index (χ0) is 14.1. The predicted molar refractivity (Wildman–Crippen MR) is 71.0 cm³/mol. The summed E-state index contributed by atoms with van der Waals surface area (Å²) in [6.07, 6.45) is 2.38. The molecule has 1 saturated carbocycles. The van der Waals surface area contributed by atoms with E-state index in [1.54, 1.807) is 19.1 Å². The highest BCUT2D eigenvalue weighted by atomic mass is 16.6. The average Bonchev–Trinajstić information content (AvgIpc) is 3.14. The second-order valence-corrected chi connectivity index (χ2v) is 4.88. The van der Waals surface area contributed by atoms with Crippen LogP contribution in [0.3, 0.4) is 0 Å². The van der Waals surface area contributed by atoms with E-state index >= 15 is 0 Å². The van der Waals surface area contributed by atoms with Gasteiger partial charge in [-0.2, -0.15) is 4.98 Å². The molecule has 7 heteroatoms. The summed E-state index contributed by atoms with van der Waals surface area (Å²) in [5, 5.41) is 18.1. The van der Waals surface area contributed by atoms with Gasteiger partial charge in [0.05, 0.1) is 11.5 Å². The molecule has 3 rings (SSSR count). The normalized spacial score (nSPS) is 14.4. The summed E-state index contributed by atoms with van der Waals surface area (Å²) in [6.45, 7) is 2.24. The molecule has 1 fully saturated rings. The number of nitro benzene ring substituents is 1. The van der Waals surface area contributed by atoms with E-state index in [-0.39, 0.29) is 5.69 Å². The summed E-state index contributed by atoms with van der Waals surface area (Å²) in [6, 6.07) is 5.39. The van der Waals surface area contributed by atoms with Crippen LogP contribution in [-0.2, 0) is 6.54 Å². The fourth-order valence-electron chi connectivity index (χ4n) is 2.01. The quantitative estimate of drug-likeness (QED) is 0.663. The van der Waals surface area contributed by atoms with Crippen LogP contribution in [0.1, 0.15) is 24.2 Å². The maximum atomic E-state index is 10.9. The van der Waals surface area contributed by atoms with Crippen LogP contribution in [0.2, 0.25) is 0 Å². The first-order chi connectivity index (χ1) is 9.65. The van der Waals surface area contributed by atoms with Crippen molar-refractivity contribution in [3.63, 3.8) is 0 Å². The van der Waals surface area contributed by atoms with Crippen LogP contribution >= 0.6 is 0 Å². The van der Waals surface area contributed by atoms with Crippen molar-refractivity contribution in [1.29, 1.82) is 0 Å². The van der Waals surface area contributed by atoms with Crippen LogP contribution in [0, 0.1) is 17.0 Å². The van der Waals surface area contributed by atoms with Crippen molar-refractivity contribution >= 4 is 5.69 Å². The van der Waals surface area contributed by atoms with Gasteiger partial charge < -0.3 is 9.84 Å². The van der Waals surface area contributed by atoms with Gasteiger partial charge in [-0.3, -0.25) is 10.1 Å². The smallest absolute Gasteiger partial charge is 0.273 e. The first-order valence-electron chi connectivity index (χ1n) is 6.45. The van der Waals surface area contributed by atoms with Gasteiger partial charge in [-0.15, -0.1) is 0 Å². The molecule has 0 atom stereocenters. The predicted octanol–water partition coefficient (Wildman–Crippen LogP) is 2.21. The van der Waals surface area contributed by atoms with E-state index in [2.05, 4.69) is 15.5 Å². The molecule has 1 heterocycles. The van der Waals surface area contributed by atoms with Crippen molar-refractivity contribution in [3.05, 3.63) is 39.7 Å². The molecule has 1 aromatic heterocycles. The van der Waals surface area contributed by atoms with Crippen molar-refractivity contribution < 1.29 is 9.45 Å². The minimum Gasteiger partial charge on any atom is -0.334 e. The SMILES string of the molecule is Cc1c(-c2nc(CNC3CC3)no2)cccc1[N+](=O)[O-]. The largest absolute Gasteiger partial charge is 0.334 e. The summed E-state index contributed by atoms with van der Waals surface area (Å²) in [7, 11) is 0. The Morgan fingerprint density at radius 2 is 2.30 bits per heavy atom. The molecular formula is C13H14N4O3. The third-order valence-corrected chi connectivity index (χ3v) is 3.33. The van der Waals surface area contributed by atoms with Gasteiger partial charge in [-0.05, 0) is 25.8 Å². The van der Waals surface area contributed by atoms with Crippen LogP contribution < -0.4 is 5.32 Å². The zero-order valence-corrected chi connectivity index (χ0v) is 11.0. The van der Waals surface area contributed by atoms with Gasteiger partial charge in [0.15, 0.2) is 5.82 Å². The molecule has 0 spiro atoms. The lowest BCUT2D eigenvalue weighted by atomic mass is 10.1. The third-order valence-electron chi connectivity index (χ3n) is 3.33. The molecule has 1 aliphatic rings. The number of rotatable bonds is 5. The highest BCUT2D eigenvalue weighted by molar-refractivity contribution is 5.64. The number of aromatic nitrogens is 2. The van der Waals surface area contributed by atoms with Gasteiger partial charge >= 0.3 is 0 Å². The number of nitrogens with zero attached hydrogens (tertiary/aromatic N) is 3. The van der Waals surface area contributed by atoms with Crippen molar-refractivity contribution in [2.45, 2.75) is 32.4 Å². The molecule has 1 N–H and O–H groups in total. The Balaban J connectivity index is 1.84. The van der Waals surface area contributed by atoms with Crippen LogP contribution in [0.15, 0.2) is 22.7 Å². The Bertz CT molecular complexity index is 649. The van der Waals surface area contributed by atoms with Gasteiger partial charge in [-0.25, -0.2) is 0 Å². The molecule has 0 radical (unpaired) electrons. The maximum absolute atomic E-state index is 10.9. The van der Waals surface area contributed by atoms with Crippen LogP contribution in [-0.4, -0.2) is 21.1 Å². The Kier molecular flexibility index (Phi) is 3.19. The van der Waals surface area contributed by atoms with Gasteiger partial charge in [0.2, 0.25) is 0 Å². The van der Waals surface area contributed by atoms with Gasteiger partial charge in [0.1, 0.15) is 0 Å². The summed E-state index contributed by atoms with van der Waals surface area (Å²) >= 11 is 0. The second-order valence-electron chi connectivity index (χ2n) is 4.88. The molecule has 1 aromatic carbocycles. The summed E-state index contributed by atoms with van der Waals surface area (Å²) in [5.41, 5.74) is 1.19. The first kappa shape index (κ1) is 12.7. The number of benzene rings is 1. The lowest BCUT2D eigenvalue weighted by Gasteiger charge is -2.01. The van der Waals surface area contributed by atoms with E-state index in [0.29, 0.717) is 35.4 Å². The number of nitro groups is 1. The van der Waals surface area contributed by atoms with Crippen molar-refractivity contribution in [2.24, 2.45) is 0 Å². The van der Waals surface area contributed by atoms with Crippen molar-refractivity contribution in [2.75, 3.05) is 0 Å². The van der Waals surface area contributed by atoms with Crippen LogP contribution in [0.5, 0.6) is 0 Å². The molecule has 0 bridgehead atoms. The van der Waals surface area contributed by atoms with Gasteiger partial charge in [0, 0.05) is 23.2 Å².